The number of aromatic hydroxyl groups is 2. The van der Waals surface area contributed by atoms with Gasteiger partial charge in [0.1, 0.15) is 29.3 Å². The lowest BCUT2D eigenvalue weighted by atomic mass is 9.77. The smallest absolute Gasteiger partial charge is 0.342 e. The highest BCUT2D eigenvalue weighted by atomic mass is 35.5. The monoisotopic (exact) mass is 460 g/mol. The Morgan fingerprint density at radius 2 is 1.61 bits per heavy atom. The molecular weight excluding hydrogens is 448 g/mol. The molecular formula is C23H13ClN4O5. The molecule has 0 radical (unpaired) electrons. The number of esters is 1. The Kier molecular flexibility index (Phi) is 3.99. The number of phenolic OH excluding ortho intramolecular Hbond substituents is 2. The van der Waals surface area contributed by atoms with Crippen LogP contribution in [0, 0.1) is 0 Å². The number of carbonyl (C=O) groups is 1. The fraction of sp³-hybridized carbons (Fsp3) is 0.0435. The summed E-state index contributed by atoms with van der Waals surface area (Å²) >= 11 is 5.86. The lowest BCUT2D eigenvalue weighted by molar-refractivity contribution is 0.0224. The molecule has 2 aliphatic heterocycles. The molecule has 0 saturated heterocycles. The number of anilines is 2. The van der Waals surface area contributed by atoms with Crippen LogP contribution in [0.2, 0.25) is 5.28 Å². The summed E-state index contributed by atoms with van der Waals surface area (Å²) in [4.78, 5) is 25.1. The molecule has 0 unspecified atom stereocenters. The molecule has 1 spiro atoms. The van der Waals surface area contributed by atoms with Gasteiger partial charge < -0.3 is 25.0 Å². The fourth-order valence-electron chi connectivity index (χ4n) is 4.31. The zero-order valence-electron chi connectivity index (χ0n) is 16.6. The molecule has 0 atom stereocenters. The Labute approximate surface area is 191 Å². The first-order chi connectivity index (χ1) is 16.0. The van der Waals surface area contributed by atoms with Gasteiger partial charge in [-0.1, -0.05) is 12.1 Å². The molecule has 162 valence electrons. The molecule has 6 rings (SSSR count). The summed E-state index contributed by atoms with van der Waals surface area (Å²) in [5, 5.41) is 23.1. The molecule has 0 amide bonds. The third-order valence-electron chi connectivity index (χ3n) is 5.59. The van der Waals surface area contributed by atoms with Crippen molar-refractivity contribution in [3.05, 3.63) is 88.5 Å². The van der Waals surface area contributed by atoms with Crippen LogP contribution in [0.5, 0.6) is 23.0 Å². The van der Waals surface area contributed by atoms with Crippen molar-refractivity contribution in [1.82, 2.24) is 15.0 Å². The van der Waals surface area contributed by atoms with Gasteiger partial charge in [0.2, 0.25) is 11.2 Å². The maximum absolute atomic E-state index is 13.3. The summed E-state index contributed by atoms with van der Waals surface area (Å²) in [5.74, 6) is 0.166. The zero-order chi connectivity index (χ0) is 22.7. The van der Waals surface area contributed by atoms with Crippen molar-refractivity contribution < 1.29 is 24.5 Å². The molecule has 3 N–H and O–H groups in total. The number of nitrogens with one attached hydrogen (secondary N) is 1. The molecule has 0 saturated carbocycles. The van der Waals surface area contributed by atoms with Crippen LogP contribution >= 0.6 is 11.6 Å². The molecule has 0 fully saturated rings. The van der Waals surface area contributed by atoms with Crippen molar-refractivity contribution in [2.24, 2.45) is 0 Å². The predicted octanol–water partition coefficient (Wildman–Crippen LogP) is 4.25. The van der Waals surface area contributed by atoms with E-state index in [9.17, 15) is 15.0 Å². The second-order valence-electron chi connectivity index (χ2n) is 7.46. The lowest BCUT2D eigenvalue weighted by Crippen LogP contribution is -2.32. The van der Waals surface area contributed by atoms with Crippen molar-refractivity contribution in [3.63, 3.8) is 0 Å². The molecule has 0 aliphatic carbocycles. The van der Waals surface area contributed by atoms with Gasteiger partial charge in [-0.3, -0.25) is 0 Å². The standard InChI is InChI=1S/C23H13ClN4O5/c24-21-25-10-26-22(28-21)27-16-3-1-2-15-19(16)20(31)33-23(15)13-6-4-11(29)8-17(13)32-18-9-12(30)5-7-14(18)23/h1-10,29-30H,(H,25,26,27,28). The number of ether oxygens (including phenoxy) is 2. The highest BCUT2D eigenvalue weighted by molar-refractivity contribution is 6.28. The quantitative estimate of drug-likeness (QED) is 0.376. The Hall–Kier alpha value is -4.37. The van der Waals surface area contributed by atoms with Crippen LogP contribution < -0.4 is 10.1 Å². The van der Waals surface area contributed by atoms with Crippen molar-refractivity contribution in [2.45, 2.75) is 5.60 Å². The largest absolute Gasteiger partial charge is 0.508 e. The maximum atomic E-state index is 13.3. The second-order valence-corrected chi connectivity index (χ2v) is 7.80. The van der Waals surface area contributed by atoms with Crippen molar-refractivity contribution in [1.29, 1.82) is 0 Å². The third kappa shape index (κ3) is 2.79. The van der Waals surface area contributed by atoms with E-state index in [4.69, 9.17) is 21.1 Å². The number of fused-ring (bicyclic) bond motifs is 6. The predicted molar refractivity (Wildman–Crippen MR) is 116 cm³/mol. The van der Waals surface area contributed by atoms with Crippen LogP contribution in [0.15, 0.2) is 60.9 Å². The van der Waals surface area contributed by atoms with E-state index in [1.165, 1.54) is 30.6 Å². The Morgan fingerprint density at radius 1 is 0.909 bits per heavy atom. The van der Waals surface area contributed by atoms with Crippen molar-refractivity contribution in [3.8, 4) is 23.0 Å². The van der Waals surface area contributed by atoms with Crippen LogP contribution in [-0.4, -0.2) is 31.1 Å². The van der Waals surface area contributed by atoms with E-state index in [1.54, 1.807) is 30.3 Å². The summed E-state index contributed by atoms with van der Waals surface area (Å²) in [6.07, 6.45) is 1.25. The first kappa shape index (κ1) is 19.3. The van der Waals surface area contributed by atoms with Crippen LogP contribution in [0.3, 0.4) is 0 Å². The average Bonchev–Trinajstić information content (AvgIpc) is 3.07. The summed E-state index contributed by atoms with van der Waals surface area (Å²) < 4.78 is 12.0. The minimum Gasteiger partial charge on any atom is -0.508 e. The van der Waals surface area contributed by atoms with Gasteiger partial charge in [0.15, 0.2) is 5.60 Å². The van der Waals surface area contributed by atoms with E-state index in [0.29, 0.717) is 33.9 Å². The highest BCUT2D eigenvalue weighted by Crippen LogP contribution is 2.57. The molecule has 10 heteroatoms. The van der Waals surface area contributed by atoms with Gasteiger partial charge in [0.05, 0.1) is 11.3 Å². The summed E-state index contributed by atoms with van der Waals surface area (Å²) in [5.41, 5.74) is 0.972. The zero-order valence-corrected chi connectivity index (χ0v) is 17.4. The summed E-state index contributed by atoms with van der Waals surface area (Å²) in [7, 11) is 0. The van der Waals surface area contributed by atoms with Gasteiger partial charge in [-0.15, -0.1) is 0 Å². The highest BCUT2D eigenvalue weighted by Gasteiger charge is 2.54. The Bertz CT molecular complexity index is 1420. The third-order valence-corrected chi connectivity index (χ3v) is 5.77. The first-order valence-corrected chi connectivity index (χ1v) is 10.2. The molecule has 1 aromatic heterocycles. The van der Waals surface area contributed by atoms with Gasteiger partial charge in [0.25, 0.3) is 0 Å². The molecule has 0 bridgehead atoms. The number of phenols is 2. The molecule has 3 aromatic carbocycles. The van der Waals surface area contributed by atoms with Crippen LogP contribution in [0.25, 0.3) is 0 Å². The molecule has 2 aliphatic rings. The molecule has 9 nitrogen and oxygen atoms in total. The average molecular weight is 461 g/mol. The van der Waals surface area contributed by atoms with Crippen LogP contribution in [0.1, 0.15) is 27.0 Å². The van der Waals surface area contributed by atoms with E-state index >= 15 is 0 Å². The fourth-order valence-corrected chi connectivity index (χ4v) is 4.43. The SMILES string of the molecule is O=C1OC2(c3ccc(O)cc3Oc3cc(O)ccc32)c2cccc(Nc3ncnc(Cl)n3)c21. The van der Waals surface area contributed by atoms with Gasteiger partial charge in [-0.05, 0) is 41.9 Å². The molecule has 3 heterocycles. The Morgan fingerprint density at radius 3 is 2.27 bits per heavy atom. The number of benzene rings is 3. The first-order valence-electron chi connectivity index (χ1n) is 9.79. The van der Waals surface area contributed by atoms with E-state index in [2.05, 4.69) is 20.3 Å². The van der Waals surface area contributed by atoms with Crippen LogP contribution in [-0.2, 0) is 10.3 Å². The van der Waals surface area contributed by atoms with Crippen molar-refractivity contribution in [2.75, 3.05) is 5.32 Å². The maximum Gasteiger partial charge on any atom is 0.342 e. The van der Waals surface area contributed by atoms with Gasteiger partial charge >= 0.3 is 5.97 Å². The van der Waals surface area contributed by atoms with E-state index in [0.717, 1.165) is 0 Å². The van der Waals surface area contributed by atoms with E-state index < -0.39 is 11.6 Å². The number of halogens is 1. The molecule has 33 heavy (non-hydrogen) atoms. The number of hydrogen-bond donors (Lipinski definition) is 3. The van der Waals surface area contributed by atoms with Gasteiger partial charge in [0, 0.05) is 28.8 Å². The minimum absolute atomic E-state index is 0.00558. The number of aromatic nitrogens is 3. The number of hydrogen-bond acceptors (Lipinski definition) is 9. The van der Waals surface area contributed by atoms with E-state index in [-0.39, 0.29) is 28.3 Å². The molecule has 4 aromatic rings. The topological polar surface area (TPSA) is 127 Å². The number of rotatable bonds is 2. The van der Waals surface area contributed by atoms with Gasteiger partial charge in [-0.2, -0.15) is 4.98 Å². The van der Waals surface area contributed by atoms with Gasteiger partial charge in [-0.25, -0.2) is 14.8 Å². The second kappa shape index (κ2) is 6.81. The summed E-state index contributed by atoms with van der Waals surface area (Å²) in [6, 6.07) is 14.4. The van der Waals surface area contributed by atoms with Crippen LogP contribution in [0.4, 0.5) is 11.6 Å². The summed E-state index contributed by atoms with van der Waals surface area (Å²) in [6.45, 7) is 0. The number of carbonyl (C=O) groups excluding carboxylic acids is 1. The normalized spacial score (nSPS) is 14.6. The lowest BCUT2D eigenvalue weighted by Gasteiger charge is -2.36. The number of nitrogens with zero attached hydrogens (tertiary/aromatic N) is 3. The minimum atomic E-state index is -1.36. The Balaban J connectivity index is 1.60. The van der Waals surface area contributed by atoms with E-state index in [1.807, 2.05) is 0 Å². The van der Waals surface area contributed by atoms with Crippen molar-refractivity contribution >= 4 is 29.2 Å².